The summed E-state index contributed by atoms with van der Waals surface area (Å²) in [6.07, 6.45) is 0.359. The number of carbonyl (C=O) groups excluding carboxylic acids is 3. The Bertz CT molecular complexity index is 1430. The molecule has 42 heavy (non-hydrogen) atoms. The molecular weight excluding hydrogens is 526 g/mol. The van der Waals surface area contributed by atoms with Gasteiger partial charge in [-0.1, -0.05) is 73.7 Å². The molecule has 4 atom stereocenters. The van der Waals surface area contributed by atoms with Crippen LogP contribution in [0.5, 0.6) is 0 Å². The summed E-state index contributed by atoms with van der Waals surface area (Å²) in [5, 5.41) is 5.93. The van der Waals surface area contributed by atoms with Crippen LogP contribution in [0.1, 0.15) is 68.0 Å². The number of amides is 3. The van der Waals surface area contributed by atoms with Gasteiger partial charge in [-0.05, 0) is 87.8 Å². The lowest BCUT2D eigenvalue weighted by Crippen LogP contribution is -2.54. The molecule has 1 aliphatic carbocycles. The van der Waals surface area contributed by atoms with E-state index in [1.807, 2.05) is 93.6 Å². The number of nitrogens with zero attached hydrogens (tertiary/aromatic N) is 1. The van der Waals surface area contributed by atoms with Crippen molar-refractivity contribution in [2.75, 3.05) is 5.32 Å². The first kappa shape index (κ1) is 30.8. The highest BCUT2D eigenvalue weighted by atomic mass is 16.6. The van der Waals surface area contributed by atoms with Crippen molar-refractivity contribution in [3.8, 4) is 0 Å². The molecule has 7 heteroatoms. The van der Waals surface area contributed by atoms with Crippen LogP contribution in [0.25, 0.3) is 0 Å². The first-order valence-electron chi connectivity index (χ1n) is 14.6. The highest BCUT2D eigenvalue weighted by molar-refractivity contribution is 5.99. The number of hydrogen-bond donors (Lipinski definition) is 2. The summed E-state index contributed by atoms with van der Waals surface area (Å²) in [5.74, 6) is -0.397. The first-order valence-corrected chi connectivity index (χ1v) is 14.6. The third kappa shape index (κ3) is 7.78. The second-order valence-electron chi connectivity index (χ2n) is 12.5. The summed E-state index contributed by atoms with van der Waals surface area (Å²) in [7, 11) is 0. The van der Waals surface area contributed by atoms with Gasteiger partial charge in [0.25, 0.3) is 5.91 Å². The van der Waals surface area contributed by atoms with E-state index in [0.29, 0.717) is 5.69 Å². The number of ether oxygens (including phenoxy) is 1. The van der Waals surface area contributed by atoms with Crippen molar-refractivity contribution in [3.63, 3.8) is 0 Å². The standard InChI is InChI=1S/C35H43N3O4/c1-22-17-18-27(19-24(22)3)31(32(39)36-28-16-12-11-13-23(28)2)38(30-20-25(30)4)33(40)29(21-26-14-9-8-10-15-26)37-34(41)42-35(5,6)7/h8-19,25,29-31H,20-21H2,1-7H3,(H,36,39)(H,37,41). The maximum atomic E-state index is 14.6. The lowest BCUT2D eigenvalue weighted by atomic mass is 9.97. The average Bonchev–Trinajstić information content (AvgIpc) is 3.64. The van der Waals surface area contributed by atoms with Crippen molar-refractivity contribution in [2.24, 2.45) is 5.92 Å². The second-order valence-corrected chi connectivity index (χ2v) is 12.5. The minimum Gasteiger partial charge on any atom is -0.444 e. The Morgan fingerprint density at radius 1 is 0.905 bits per heavy atom. The van der Waals surface area contributed by atoms with Crippen LogP contribution < -0.4 is 10.6 Å². The maximum Gasteiger partial charge on any atom is 0.408 e. The highest BCUT2D eigenvalue weighted by Crippen LogP contribution is 2.41. The predicted molar refractivity (Wildman–Crippen MR) is 166 cm³/mol. The Kier molecular flexibility index (Phi) is 9.40. The van der Waals surface area contributed by atoms with Gasteiger partial charge in [-0.3, -0.25) is 9.59 Å². The van der Waals surface area contributed by atoms with Gasteiger partial charge in [0.2, 0.25) is 5.91 Å². The molecule has 1 saturated carbocycles. The van der Waals surface area contributed by atoms with E-state index < -0.39 is 23.8 Å². The van der Waals surface area contributed by atoms with Gasteiger partial charge in [0, 0.05) is 18.2 Å². The molecule has 222 valence electrons. The van der Waals surface area contributed by atoms with E-state index in [-0.39, 0.29) is 30.2 Å². The average molecular weight is 570 g/mol. The Hall–Kier alpha value is -4.13. The van der Waals surface area contributed by atoms with E-state index in [2.05, 4.69) is 17.6 Å². The molecule has 7 nitrogen and oxygen atoms in total. The molecule has 2 N–H and O–H groups in total. The van der Waals surface area contributed by atoms with Gasteiger partial charge < -0.3 is 20.3 Å². The zero-order valence-electron chi connectivity index (χ0n) is 25.7. The summed E-state index contributed by atoms with van der Waals surface area (Å²) < 4.78 is 5.55. The molecular formula is C35H43N3O4. The summed E-state index contributed by atoms with van der Waals surface area (Å²) in [6, 6.07) is 21.1. The summed E-state index contributed by atoms with van der Waals surface area (Å²) in [6.45, 7) is 13.4. The molecule has 3 aromatic carbocycles. The second kappa shape index (κ2) is 12.8. The molecule has 0 heterocycles. The lowest BCUT2D eigenvalue weighted by Gasteiger charge is -2.35. The molecule has 0 saturated heterocycles. The molecule has 3 amide bonds. The number of anilines is 1. The van der Waals surface area contributed by atoms with Crippen molar-refractivity contribution < 1.29 is 19.1 Å². The number of aryl methyl sites for hydroxylation is 3. The van der Waals surface area contributed by atoms with E-state index in [9.17, 15) is 14.4 Å². The van der Waals surface area contributed by atoms with Gasteiger partial charge in [0.1, 0.15) is 17.7 Å². The molecule has 4 rings (SSSR count). The number of benzene rings is 3. The predicted octanol–water partition coefficient (Wildman–Crippen LogP) is 6.66. The lowest BCUT2D eigenvalue weighted by molar-refractivity contribution is -0.141. The first-order chi connectivity index (χ1) is 19.8. The number of para-hydroxylation sites is 1. The molecule has 1 aliphatic rings. The zero-order valence-corrected chi connectivity index (χ0v) is 25.7. The van der Waals surface area contributed by atoms with Gasteiger partial charge in [-0.15, -0.1) is 0 Å². The van der Waals surface area contributed by atoms with Gasteiger partial charge in [0.15, 0.2) is 0 Å². The fourth-order valence-corrected chi connectivity index (χ4v) is 5.14. The van der Waals surface area contributed by atoms with E-state index in [1.54, 1.807) is 25.7 Å². The van der Waals surface area contributed by atoms with Crippen LogP contribution in [-0.4, -0.2) is 40.5 Å². The van der Waals surface area contributed by atoms with Gasteiger partial charge in [-0.25, -0.2) is 4.79 Å². The number of rotatable bonds is 9. The molecule has 0 radical (unpaired) electrons. The normalized spacial score (nSPS) is 17.5. The molecule has 4 unspecified atom stereocenters. The largest absolute Gasteiger partial charge is 0.444 e. The van der Waals surface area contributed by atoms with Gasteiger partial charge in [-0.2, -0.15) is 0 Å². The zero-order chi connectivity index (χ0) is 30.6. The third-order valence-corrected chi connectivity index (χ3v) is 7.73. The smallest absolute Gasteiger partial charge is 0.408 e. The minimum absolute atomic E-state index is 0.148. The summed E-state index contributed by atoms with van der Waals surface area (Å²) >= 11 is 0. The van der Waals surface area contributed by atoms with Gasteiger partial charge >= 0.3 is 6.09 Å². The van der Waals surface area contributed by atoms with Crippen LogP contribution in [0, 0.1) is 26.7 Å². The Balaban J connectivity index is 1.77. The molecule has 0 aliphatic heterocycles. The van der Waals surface area contributed by atoms with Crippen LogP contribution in [0.2, 0.25) is 0 Å². The Morgan fingerprint density at radius 3 is 2.14 bits per heavy atom. The topological polar surface area (TPSA) is 87.7 Å². The quantitative estimate of drug-likeness (QED) is 0.302. The van der Waals surface area contributed by atoms with Crippen LogP contribution in [0.3, 0.4) is 0 Å². The Labute approximate surface area is 249 Å². The summed E-state index contributed by atoms with van der Waals surface area (Å²) in [4.78, 5) is 43.6. The highest BCUT2D eigenvalue weighted by Gasteiger charge is 2.48. The van der Waals surface area contributed by atoms with Crippen LogP contribution in [0.4, 0.5) is 10.5 Å². The van der Waals surface area contributed by atoms with E-state index in [4.69, 9.17) is 4.74 Å². The molecule has 3 aromatic rings. The van der Waals surface area contributed by atoms with Crippen LogP contribution >= 0.6 is 0 Å². The summed E-state index contributed by atoms with van der Waals surface area (Å²) in [5.41, 5.74) is 4.64. The number of nitrogens with one attached hydrogen (secondary N) is 2. The number of hydrogen-bond acceptors (Lipinski definition) is 4. The van der Waals surface area contributed by atoms with Crippen molar-refractivity contribution >= 4 is 23.6 Å². The van der Waals surface area contributed by atoms with E-state index in [1.165, 1.54) is 0 Å². The maximum absolute atomic E-state index is 14.6. The fourth-order valence-electron chi connectivity index (χ4n) is 5.14. The van der Waals surface area contributed by atoms with Crippen LogP contribution in [0.15, 0.2) is 72.8 Å². The fraction of sp³-hybridized carbons (Fsp3) is 0.400. The molecule has 0 bridgehead atoms. The minimum atomic E-state index is -0.935. The number of carbonyl (C=O) groups is 3. The van der Waals surface area contributed by atoms with Crippen molar-refractivity contribution in [1.29, 1.82) is 0 Å². The van der Waals surface area contributed by atoms with E-state index >= 15 is 0 Å². The SMILES string of the molecule is Cc1ccc(C(C(=O)Nc2ccccc2C)N(C(=O)C(Cc2ccccc2)NC(=O)OC(C)(C)C)C2CC2C)cc1C. The van der Waals surface area contributed by atoms with Gasteiger partial charge in [0.05, 0.1) is 0 Å². The third-order valence-electron chi connectivity index (χ3n) is 7.73. The van der Waals surface area contributed by atoms with E-state index in [0.717, 1.165) is 34.2 Å². The van der Waals surface area contributed by atoms with Crippen molar-refractivity contribution in [3.05, 3.63) is 101 Å². The monoisotopic (exact) mass is 569 g/mol. The molecule has 1 fully saturated rings. The molecule has 0 spiro atoms. The molecule has 0 aromatic heterocycles. The van der Waals surface area contributed by atoms with Crippen molar-refractivity contribution in [2.45, 2.75) is 85.0 Å². The number of alkyl carbamates (subject to hydrolysis) is 1. The van der Waals surface area contributed by atoms with Crippen molar-refractivity contribution in [1.82, 2.24) is 10.2 Å². The van der Waals surface area contributed by atoms with Crippen LogP contribution in [-0.2, 0) is 20.7 Å². The Morgan fingerprint density at radius 2 is 1.55 bits per heavy atom.